The van der Waals surface area contributed by atoms with Crippen LogP contribution in [0.25, 0.3) is 0 Å². The first-order valence-corrected chi connectivity index (χ1v) is 5.98. The minimum atomic E-state index is 0.909. The van der Waals surface area contributed by atoms with Crippen LogP contribution in [0.15, 0.2) is 22.7 Å². The van der Waals surface area contributed by atoms with Gasteiger partial charge in [0.25, 0.3) is 0 Å². The average molecular weight is 273 g/mol. The molecule has 0 heterocycles. The Bertz CT molecular complexity index is 283. The van der Waals surface area contributed by atoms with Gasteiger partial charge < -0.3 is 0 Å². The van der Waals surface area contributed by atoms with Crippen LogP contribution in [-0.4, -0.2) is 16.9 Å². The number of halogens is 1. The van der Waals surface area contributed by atoms with E-state index in [2.05, 4.69) is 34.1 Å². The van der Waals surface area contributed by atoms with Crippen LogP contribution in [0.3, 0.4) is 0 Å². The van der Waals surface area contributed by atoms with Crippen molar-refractivity contribution in [1.82, 2.24) is 0 Å². The Labute approximate surface area is 84.0 Å². The van der Waals surface area contributed by atoms with E-state index in [1.54, 1.807) is 11.1 Å². The van der Waals surface area contributed by atoms with E-state index in [4.69, 9.17) is 0 Å². The van der Waals surface area contributed by atoms with Gasteiger partial charge in [-0.1, -0.05) is 0 Å². The summed E-state index contributed by atoms with van der Waals surface area (Å²) in [6, 6.07) is 6.65. The molecule has 0 saturated heterocycles. The monoisotopic (exact) mass is 272 g/mol. The summed E-state index contributed by atoms with van der Waals surface area (Å²) in [5, 5.41) is 0. The molecule has 0 aromatic heterocycles. The van der Waals surface area contributed by atoms with E-state index >= 15 is 0 Å². The molecule has 0 spiro atoms. The van der Waals surface area contributed by atoms with Gasteiger partial charge in [0.2, 0.25) is 0 Å². The van der Waals surface area contributed by atoms with Gasteiger partial charge in [-0.2, -0.15) is 0 Å². The van der Waals surface area contributed by atoms with E-state index in [9.17, 15) is 0 Å². The molecule has 2 unspecified atom stereocenters. The molecule has 0 N–H and O–H groups in total. The van der Waals surface area contributed by atoms with Crippen LogP contribution in [0.1, 0.15) is 11.1 Å². The van der Waals surface area contributed by atoms with Gasteiger partial charge in [0.15, 0.2) is 0 Å². The fourth-order valence-electron chi connectivity index (χ4n) is 1.62. The van der Waals surface area contributed by atoms with Crippen molar-refractivity contribution in [3.05, 3.63) is 33.8 Å². The van der Waals surface area contributed by atoms with Crippen LogP contribution in [0.4, 0.5) is 0 Å². The summed E-state index contributed by atoms with van der Waals surface area (Å²) in [6.45, 7) is 0. The van der Waals surface area contributed by atoms with E-state index in [0.29, 0.717) is 0 Å². The van der Waals surface area contributed by atoms with Crippen LogP contribution < -0.4 is 0 Å². The SMILES string of the molecule is [AsH2]C1Cc2ccc(Br)cc2C1. The summed E-state index contributed by atoms with van der Waals surface area (Å²) in [5.41, 5.74) is 3.11. The molecule has 1 aromatic carbocycles. The summed E-state index contributed by atoms with van der Waals surface area (Å²) in [6.07, 6.45) is 2.58. The zero-order chi connectivity index (χ0) is 7.84. The van der Waals surface area contributed by atoms with E-state index < -0.39 is 0 Å². The summed E-state index contributed by atoms with van der Waals surface area (Å²) in [4.78, 5) is 0. The van der Waals surface area contributed by atoms with E-state index in [0.717, 1.165) is 4.71 Å². The molecule has 0 radical (unpaired) electrons. The molecule has 0 saturated carbocycles. The second-order valence-corrected chi connectivity index (χ2v) is 5.98. The molecule has 0 amide bonds. The van der Waals surface area contributed by atoms with E-state index in [-0.39, 0.29) is 0 Å². The maximum atomic E-state index is 3.49. The standard InChI is InChI=1S/C9H10AsBr/c10-8-3-6-1-2-9(11)5-7(6)4-8/h1-2,5,8H,3-4,10H2. The molecule has 0 bridgehead atoms. The van der Waals surface area contributed by atoms with Gasteiger partial charge in [0, 0.05) is 0 Å². The number of rotatable bonds is 0. The predicted octanol–water partition coefficient (Wildman–Crippen LogP) is 1.97. The fraction of sp³-hybridized carbons (Fsp3) is 0.333. The second-order valence-electron chi connectivity index (χ2n) is 3.08. The van der Waals surface area contributed by atoms with Gasteiger partial charge in [0.05, 0.1) is 0 Å². The molecule has 0 fully saturated rings. The molecule has 1 aromatic rings. The van der Waals surface area contributed by atoms with Crippen molar-refractivity contribution in [1.29, 1.82) is 0 Å². The topological polar surface area (TPSA) is 0 Å². The number of hydrogen-bond acceptors (Lipinski definition) is 0. The molecular formula is C9H10AsBr. The molecule has 2 atom stereocenters. The third-order valence-electron chi connectivity index (χ3n) is 2.13. The van der Waals surface area contributed by atoms with Gasteiger partial charge in [-0.05, 0) is 0 Å². The molecule has 0 aliphatic heterocycles. The zero-order valence-corrected chi connectivity index (χ0v) is 10.2. The van der Waals surface area contributed by atoms with Crippen LogP contribution in [0, 0.1) is 0 Å². The second kappa shape index (κ2) is 2.95. The van der Waals surface area contributed by atoms with Crippen molar-refractivity contribution < 1.29 is 0 Å². The third-order valence-corrected chi connectivity index (χ3v) is 3.61. The third kappa shape index (κ3) is 1.55. The van der Waals surface area contributed by atoms with Crippen molar-refractivity contribution in [2.75, 3.05) is 0 Å². The molecule has 2 rings (SSSR count). The van der Waals surface area contributed by atoms with Crippen molar-refractivity contribution in [3.8, 4) is 0 Å². The van der Waals surface area contributed by atoms with Gasteiger partial charge in [-0.3, -0.25) is 0 Å². The Morgan fingerprint density at radius 1 is 1.27 bits per heavy atom. The molecule has 58 valence electrons. The zero-order valence-electron chi connectivity index (χ0n) is 6.18. The number of benzene rings is 1. The van der Waals surface area contributed by atoms with Crippen LogP contribution >= 0.6 is 15.9 Å². The molecule has 0 nitrogen and oxygen atoms in total. The summed E-state index contributed by atoms with van der Waals surface area (Å²) < 4.78 is 2.13. The first-order chi connectivity index (χ1) is 5.25. The van der Waals surface area contributed by atoms with Crippen LogP contribution in [0.2, 0.25) is 4.71 Å². The first-order valence-electron chi connectivity index (χ1n) is 3.78. The molecule has 1 aliphatic rings. The Kier molecular flexibility index (Phi) is 2.12. The summed E-state index contributed by atoms with van der Waals surface area (Å²) >= 11 is 5.36. The Balaban J connectivity index is 2.43. The van der Waals surface area contributed by atoms with Gasteiger partial charge in [-0.15, -0.1) is 0 Å². The number of hydrogen-bond donors (Lipinski definition) is 0. The fourth-order valence-corrected chi connectivity index (χ4v) is 3.09. The van der Waals surface area contributed by atoms with E-state index in [1.807, 2.05) is 16.9 Å². The summed E-state index contributed by atoms with van der Waals surface area (Å²) in [5.74, 6) is 0. The quantitative estimate of drug-likeness (QED) is 0.634. The first kappa shape index (κ1) is 7.88. The molecule has 11 heavy (non-hydrogen) atoms. The van der Waals surface area contributed by atoms with Crippen molar-refractivity contribution in [2.45, 2.75) is 17.5 Å². The Hall–Kier alpha value is 0.258. The van der Waals surface area contributed by atoms with Crippen molar-refractivity contribution in [3.63, 3.8) is 0 Å². The van der Waals surface area contributed by atoms with Gasteiger partial charge in [-0.25, -0.2) is 0 Å². The predicted molar refractivity (Wildman–Crippen MR) is 53.8 cm³/mol. The van der Waals surface area contributed by atoms with E-state index in [1.165, 1.54) is 17.3 Å². The minimum absolute atomic E-state index is 0.909. The van der Waals surface area contributed by atoms with Gasteiger partial charge >= 0.3 is 84.1 Å². The average Bonchev–Trinajstić information content (AvgIpc) is 2.27. The molecule has 1 aliphatic carbocycles. The van der Waals surface area contributed by atoms with Crippen molar-refractivity contribution >= 4 is 32.8 Å². The van der Waals surface area contributed by atoms with Crippen molar-refractivity contribution in [2.24, 2.45) is 0 Å². The molecular weight excluding hydrogens is 263 g/mol. The van der Waals surface area contributed by atoms with Gasteiger partial charge in [0.1, 0.15) is 0 Å². The maximum absolute atomic E-state index is 3.49. The Morgan fingerprint density at radius 2 is 2.00 bits per heavy atom. The number of fused-ring (bicyclic) bond motifs is 1. The summed E-state index contributed by atoms with van der Waals surface area (Å²) in [7, 11) is 0. The normalized spacial score (nSPS) is 21.8. The molecule has 2 heteroatoms. The van der Waals surface area contributed by atoms with Crippen LogP contribution in [0.5, 0.6) is 0 Å². The van der Waals surface area contributed by atoms with Crippen LogP contribution in [-0.2, 0) is 12.8 Å². The Morgan fingerprint density at radius 3 is 2.82 bits per heavy atom.